The lowest BCUT2D eigenvalue weighted by molar-refractivity contribution is -0.144. The molecule has 3 aliphatic rings. The third kappa shape index (κ3) is 13.7. The monoisotopic (exact) mass is 1150 g/mol. The number of hydrogen-bond acceptors (Lipinski definition) is 16. The highest BCUT2D eigenvalue weighted by atomic mass is 32.1. The Labute approximate surface area is 482 Å². The van der Waals surface area contributed by atoms with Crippen LogP contribution in [-0.4, -0.2) is 150 Å². The summed E-state index contributed by atoms with van der Waals surface area (Å²) in [7, 11) is 1.65. The lowest BCUT2D eigenvalue weighted by Gasteiger charge is -2.44. The minimum Gasteiger partial charge on any atom is -0.496 e. The first-order valence-electron chi connectivity index (χ1n) is 28.6. The molecule has 8 N–H and O–H groups in total. The molecule has 3 amide bonds. The molecule has 19 nitrogen and oxygen atoms in total. The molecule has 0 spiro atoms. The van der Waals surface area contributed by atoms with Crippen LogP contribution in [0.5, 0.6) is 5.75 Å². The molecule has 82 heavy (non-hydrogen) atoms. The van der Waals surface area contributed by atoms with Crippen LogP contribution >= 0.6 is 11.3 Å². The molecule has 3 aliphatic heterocycles. The Morgan fingerprint density at radius 1 is 0.963 bits per heavy atom. The number of fused-ring (bicyclic) bond motifs is 1. The Bertz CT molecular complexity index is 3180. The molecule has 4 aromatic heterocycles. The Hall–Kier alpha value is -6.72. The zero-order valence-corrected chi connectivity index (χ0v) is 48.7. The number of rotatable bonds is 21. The number of unbranched alkanes of at least 4 members (excludes halogenated alkanes) is 3. The maximum absolute atomic E-state index is 14.2. The smallest absolute Gasteiger partial charge is 0.265 e. The van der Waals surface area contributed by atoms with E-state index in [1.54, 1.807) is 31.0 Å². The topological polar surface area (TPSA) is 256 Å². The van der Waals surface area contributed by atoms with Gasteiger partial charge in [0.15, 0.2) is 11.5 Å². The van der Waals surface area contributed by atoms with Crippen molar-refractivity contribution in [3.63, 3.8) is 0 Å². The van der Waals surface area contributed by atoms with Crippen LogP contribution in [0.3, 0.4) is 0 Å². The van der Waals surface area contributed by atoms with Crippen molar-refractivity contribution in [3.05, 3.63) is 95.3 Å². The van der Waals surface area contributed by atoms with Gasteiger partial charge in [0.1, 0.15) is 35.8 Å². The van der Waals surface area contributed by atoms with Gasteiger partial charge >= 0.3 is 0 Å². The molecule has 0 saturated carbocycles. The predicted octanol–water partition coefficient (Wildman–Crippen LogP) is 7.38. The van der Waals surface area contributed by atoms with E-state index >= 15 is 0 Å². The number of β-amino-alcohol motifs (C(OH)–C–C–N with tert-alkyl or cyclic N) is 1. The number of benzene rings is 2. The number of methoxy groups -OCH3 is 1. The molecule has 22 heteroatoms. The lowest BCUT2D eigenvalue weighted by Crippen LogP contribution is -2.63. The number of halogens is 2. The Morgan fingerprint density at radius 2 is 1.72 bits per heavy atom. The zero-order chi connectivity index (χ0) is 58.5. The molecule has 0 aliphatic carbocycles. The summed E-state index contributed by atoms with van der Waals surface area (Å²) in [6.07, 6.45) is 5.60. The van der Waals surface area contributed by atoms with Crippen LogP contribution in [0.2, 0.25) is 0 Å². The Balaban J connectivity index is 0.746. The molecule has 3 saturated heterocycles. The van der Waals surface area contributed by atoms with Gasteiger partial charge in [0, 0.05) is 38.0 Å². The normalized spacial score (nSPS) is 20.3. The number of pyridine rings is 1. The van der Waals surface area contributed by atoms with E-state index in [9.17, 15) is 33.4 Å². The van der Waals surface area contributed by atoms with E-state index in [4.69, 9.17) is 21.2 Å². The van der Waals surface area contributed by atoms with Crippen molar-refractivity contribution in [1.82, 2.24) is 49.9 Å². The fourth-order valence-corrected chi connectivity index (χ4v) is 12.8. The van der Waals surface area contributed by atoms with E-state index in [1.165, 1.54) is 16.8 Å². The second-order valence-corrected chi connectivity index (χ2v) is 24.5. The number of likely N-dealkylation sites (tertiary alicyclic amines) is 2. The minimum absolute atomic E-state index is 0.0109. The number of amides is 3. The van der Waals surface area contributed by atoms with E-state index in [-0.39, 0.29) is 61.9 Å². The summed E-state index contributed by atoms with van der Waals surface area (Å²) in [5.41, 5.74) is 20.3. The van der Waals surface area contributed by atoms with Gasteiger partial charge in [-0.1, -0.05) is 63.9 Å². The number of aryl methyl sites for hydroxylation is 1. The summed E-state index contributed by atoms with van der Waals surface area (Å²) in [5, 5.41) is 27.3. The van der Waals surface area contributed by atoms with Crippen LogP contribution in [0, 0.1) is 12.3 Å². The quantitative estimate of drug-likeness (QED) is 0.0384. The molecular formula is C60H79F2N13O6S. The number of imidazole rings is 1. The van der Waals surface area contributed by atoms with Gasteiger partial charge in [-0.25, -0.2) is 28.7 Å². The maximum Gasteiger partial charge on any atom is 0.265 e. The van der Waals surface area contributed by atoms with Crippen LogP contribution in [0.1, 0.15) is 126 Å². The third-order valence-electron chi connectivity index (χ3n) is 16.7. The number of anilines is 2. The summed E-state index contributed by atoms with van der Waals surface area (Å²) in [6, 6.07) is 14.1. The molecule has 2 aromatic carbocycles. The number of carbonyl (C=O) groups excluding carboxylic acids is 3. The van der Waals surface area contributed by atoms with Gasteiger partial charge in [0.2, 0.25) is 17.7 Å². The molecule has 0 bridgehead atoms. The van der Waals surface area contributed by atoms with Crippen molar-refractivity contribution >= 4 is 51.7 Å². The highest BCUT2D eigenvalue weighted by Crippen LogP contribution is 2.39. The van der Waals surface area contributed by atoms with Crippen molar-refractivity contribution in [2.75, 3.05) is 57.0 Å². The number of nitrogens with zero attached hydrogens (tertiary/aromatic N) is 9. The van der Waals surface area contributed by atoms with E-state index < -0.39 is 41.7 Å². The van der Waals surface area contributed by atoms with Crippen molar-refractivity contribution in [3.8, 4) is 27.4 Å². The Kier molecular flexibility index (Phi) is 18.9. The standard InChI is InChI=1S/C60H79F2N13O6S/c1-36(38-13-15-40(16-14-38)51-37(2)69-35-82-51)70-57(79)46-28-43(76)31-75(46)58(80)52(59(3,4)5)71-49(77)12-9-7-8-10-22-72-24-19-39(20-25-72)41-17-18-44(48(27-41)81-6)45-26-42(30-74-34-68-50-55(63)66-33-67-56(50)74)47(29-65-45)73-23-11-21-60(64,32-73)53(78)54(61)62/h13-18,26-27,29,33-36,39,43,46,52-54,76,78H,7-12,19-25,28,30-32,64H2,1-6H3,(H,70,79)(H,71,77)(H2,63,66,67)/t36-,43+,46-,52+,53-,60+/m0/s1. The molecule has 440 valence electrons. The van der Waals surface area contributed by atoms with Crippen LogP contribution in [0.25, 0.3) is 32.9 Å². The first kappa shape index (κ1) is 59.9. The molecule has 6 atom stereocenters. The van der Waals surface area contributed by atoms with Crippen molar-refractivity contribution in [2.24, 2.45) is 11.1 Å². The molecule has 6 aromatic rings. The van der Waals surface area contributed by atoms with Crippen LogP contribution in [-0.2, 0) is 20.9 Å². The summed E-state index contributed by atoms with van der Waals surface area (Å²) in [5.74, 6) is 0.340. The second-order valence-electron chi connectivity index (χ2n) is 23.7. The number of aliphatic hydroxyl groups is 2. The first-order valence-corrected chi connectivity index (χ1v) is 29.5. The van der Waals surface area contributed by atoms with Crippen molar-refractivity contribution in [1.29, 1.82) is 0 Å². The number of carbonyl (C=O) groups is 3. The number of alkyl halides is 2. The number of hydrogen-bond donors (Lipinski definition) is 6. The SMILES string of the molecule is COc1cc(C2CCN(CCCCCCC(=O)N[C@H](C(=O)N3C[C@H](O)C[C@H]3C(=O)N[C@@H](C)c3ccc(-c4scnc4C)cc3)C(C)(C)C)CC2)ccc1-c1cc(Cn2cnc3c(N)ncnc32)c(N2CCC[C@](N)([C@@H](O)C(F)F)C2)cn1. The minimum atomic E-state index is -2.98. The number of aliphatic hydroxyl groups excluding tert-OH is 2. The second kappa shape index (κ2) is 25.8. The number of piperidine rings is 2. The fraction of sp³-hybridized carbons (Fsp3) is 0.533. The van der Waals surface area contributed by atoms with Gasteiger partial charge in [-0.3, -0.25) is 19.4 Å². The van der Waals surface area contributed by atoms with Crippen molar-refractivity contribution in [2.45, 2.75) is 154 Å². The van der Waals surface area contributed by atoms with E-state index in [1.807, 2.05) is 86.0 Å². The van der Waals surface area contributed by atoms with Crippen LogP contribution in [0.15, 0.2) is 72.9 Å². The van der Waals surface area contributed by atoms with Gasteiger partial charge in [0.25, 0.3) is 6.43 Å². The number of aromatic nitrogens is 6. The average Bonchev–Trinajstić information content (AvgIpc) is 4.32. The average molecular weight is 1150 g/mol. The van der Waals surface area contributed by atoms with E-state index in [0.29, 0.717) is 60.1 Å². The summed E-state index contributed by atoms with van der Waals surface area (Å²) < 4.78 is 35.5. The number of thiazole rings is 1. The summed E-state index contributed by atoms with van der Waals surface area (Å²) in [6.45, 7) is 13.3. The molecular weight excluding hydrogens is 1070 g/mol. The lowest BCUT2D eigenvalue weighted by atomic mass is 9.84. The van der Waals surface area contributed by atoms with Crippen LogP contribution < -0.4 is 31.7 Å². The van der Waals surface area contributed by atoms with Gasteiger partial charge in [0.05, 0.1) is 71.3 Å². The molecule has 7 heterocycles. The summed E-state index contributed by atoms with van der Waals surface area (Å²) >= 11 is 1.58. The molecule has 3 fully saturated rings. The molecule has 0 unspecified atom stereocenters. The fourth-order valence-electron chi connectivity index (χ4n) is 11.9. The number of nitrogens with one attached hydrogen (secondary N) is 2. The highest BCUT2D eigenvalue weighted by Gasteiger charge is 2.46. The van der Waals surface area contributed by atoms with Gasteiger partial charge in [-0.15, -0.1) is 11.3 Å². The first-order chi connectivity index (χ1) is 39.2. The van der Waals surface area contributed by atoms with Gasteiger partial charge in [-0.2, -0.15) is 0 Å². The molecule has 0 radical (unpaired) electrons. The highest BCUT2D eigenvalue weighted by molar-refractivity contribution is 7.13. The van der Waals surface area contributed by atoms with Crippen LogP contribution in [0.4, 0.5) is 20.3 Å². The van der Waals surface area contributed by atoms with Gasteiger partial charge < -0.3 is 56.3 Å². The summed E-state index contributed by atoms with van der Waals surface area (Å²) in [4.78, 5) is 70.6. The predicted molar refractivity (Wildman–Crippen MR) is 313 cm³/mol. The zero-order valence-electron chi connectivity index (χ0n) is 47.9. The van der Waals surface area contributed by atoms with E-state index in [0.717, 1.165) is 84.6 Å². The largest absolute Gasteiger partial charge is 0.496 e. The third-order valence-corrected chi connectivity index (χ3v) is 17.7. The van der Waals surface area contributed by atoms with E-state index in [2.05, 4.69) is 47.6 Å². The maximum atomic E-state index is 14.2. The number of nitrogens with two attached hydrogens (primary N) is 2. The van der Waals surface area contributed by atoms with Crippen molar-refractivity contribution < 1.29 is 38.1 Å². The Morgan fingerprint density at radius 3 is 2.43 bits per heavy atom. The number of nitrogen functional groups attached to an aromatic ring is 1. The van der Waals surface area contributed by atoms with Gasteiger partial charge in [-0.05, 0) is 124 Å². The number of ether oxygens (including phenoxy) is 1. The molecule has 9 rings (SSSR count).